The first kappa shape index (κ1) is 9.18. The summed E-state index contributed by atoms with van der Waals surface area (Å²) in [7, 11) is 0. The Morgan fingerprint density at radius 3 is 2.50 bits per heavy atom. The van der Waals surface area contributed by atoms with E-state index >= 15 is 0 Å². The highest BCUT2D eigenvalue weighted by molar-refractivity contribution is 5.29. The summed E-state index contributed by atoms with van der Waals surface area (Å²) in [5, 5.41) is 0. The zero-order valence-electron chi connectivity index (χ0n) is 6.56. The molecule has 1 nitrogen and oxygen atoms in total. The van der Waals surface area contributed by atoms with Gasteiger partial charge in [0.05, 0.1) is 0 Å². The van der Waals surface area contributed by atoms with Crippen molar-refractivity contribution in [2.45, 2.75) is 13.3 Å². The molecular weight excluding hydrogens is 122 g/mol. The summed E-state index contributed by atoms with van der Waals surface area (Å²) in [6, 6.07) is 0. The first-order valence-corrected chi connectivity index (χ1v) is 3.40. The molecule has 0 radical (unpaired) electrons. The number of hydrogen-bond acceptors (Lipinski definition) is 1. The Morgan fingerprint density at radius 1 is 1.60 bits per heavy atom. The second-order valence-corrected chi connectivity index (χ2v) is 2.25. The van der Waals surface area contributed by atoms with Gasteiger partial charge < -0.3 is 5.73 Å². The zero-order valence-corrected chi connectivity index (χ0v) is 6.56. The third kappa shape index (κ3) is 3.25. The molecule has 0 atom stereocenters. The van der Waals surface area contributed by atoms with E-state index in [1.807, 2.05) is 13.0 Å². The largest absolute Gasteiger partial charge is 0.330 e. The van der Waals surface area contributed by atoms with Crippen LogP contribution in [0.1, 0.15) is 13.3 Å². The summed E-state index contributed by atoms with van der Waals surface area (Å²) in [4.78, 5) is 0. The second-order valence-electron chi connectivity index (χ2n) is 2.25. The van der Waals surface area contributed by atoms with Crippen LogP contribution in [0.4, 0.5) is 0 Å². The fourth-order valence-corrected chi connectivity index (χ4v) is 0.737. The molecule has 0 heterocycles. The van der Waals surface area contributed by atoms with Gasteiger partial charge in [0.1, 0.15) is 0 Å². The number of allylic oxidation sites excluding steroid dienone is 3. The van der Waals surface area contributed by atoms with Gasteiger partial charge in [0, 0.05) is 0 Å². The van der Waals surface area contributed by atoms with Crippen LogP contribution in [0.25, 0.3) is 0 Å². The van der Waals surface area contributed by atoms with Crippen LogP contribution in [0.3, 0.4) is 0 Å². The minimum Gasteiger partial charge on any atom is -0.330 e. The predicted octanol–water partition coefficient (Wildman–Crippen LogP) is 2.02. The molecule has 0 saturated carbocycles. The van der Waals surface area contributed by atoms with Crippen LogP contribution in [0.15, 0.2) is 36.5 Å². The molecule has 0 amide bonds. The van der Waals surface area contributed by atoms with Gasteiger partial charge in [-0.1, -0.05) is 30.9 Å². The van der Waals surface area contributed by atoms with E-state index in [0.29, 0.717) is 6.54 Å². The van der Waals surface area contributed by atoms with Gasteiger partial charge in [-0.05, 0) is 25.5 Å². The Bertz CT molecular complexity index is 154. The fourth-order valence-electron chi connectivity index (χ4n) is 0.737. The molecular formula is C9H15N. The summed E-state index contributed by atoms with van der Waals surface area (Å²) >= 11 is 0. The predicted molar refractivity (Wildman–Crippen MR) is 46.8 cm³/mol. The van der Waals surface area contributed by atoms with Crippen molar-refractivity contribution >= 4 is 0 Å². The molecule has 0 aliphatic carbocycles. The summed E-state index contributed by atoms with van der Waals surface area (Å²) in [5.74, 6) is 0. The van der Waals surface area contributed by atoms with Gasteiger partial charge in [-0.15, -0.1) is 0 Å². The van der Waals surface area contributed by atoms with Crippen LogP contribution >= 0.6 is 0 Å². The summed E-state index contributed by atoms with van der Waals surface area (Å²) in [6.07, 6.45) is 4.61. The maximum atomic E-state index is 5.38. The molecule has 0 aromatic rings. The molecule has 0 saturated heterocycles. The lowest BCUT2D eigenvalue weighted by Gasteiger charge is -2.02. The molecule has 2 N–H and O–H groups in total. The van der Waals surface area contributed by atoms with Crippen molar-refractivity contribution < 1.29 is 0 Å². The number of hydrogen-bond donors (Lipinski definition) is 1. The van der Waals surface area contributed by atoms with Crippen LogP contribution in [0.5, 0.6) is 0 Å². The molecule has 0 aliphatic rings. The maximum absolute atomic E-state index is 5.38. The van der Waals surface area contributed by atoms with Crippen molar-refractivity contribution in [2.24, 2.45) is 5.73 Å². The Hall–Kier alpha value is -0.820. The lowest BCUT2D eigenvalue weighted by molar-refractivity contribution is 0.958. The van der Waals surface area contributed by atoms with Crippen LogP contribution in [0, 0.1) is 0 Å². The van der Waals surface area contributed by atoms with E-state index in [9.17, 15) is 0 Å². The van der Waals surface area contributed by atoms with Crippen molar-refractivity contribution in [2.75, 3.05) is 6.54 Å². The minimum atomic E-state index is 0.673. The van der Waals surface area contributed by atoms with E-state index in [2.05, 4.69) is 13.2 Å². The third-order valence-electron chi connectivity index (χ3n) is 1.28. The first-order valence-electron chi connectivity index (χ1n) is 3.40. The average Bonchev–Trinajstić information content (AvgIpc) is 1.87. The molecule has 0 aromatic heterocycles. The van der Waals surface area contributed by atoms with Gasteiger partial charge >= 0.3 is 0 Å². The molecule has 0 rings (SSSR count). The monoisotopic (exact) mass is 137 g/mol. The molecule has 1 heteroatoms. The van der Waals surface area contributed by atoms with E-state index in [-0.39, 0.29) is 0 Å². The van der Waals surface area contributed by atoms with Crippen molar-refractivity contribution in [3.05, 3.63) is 36.5 Å². The van der Waals surface area contributed by atoms with E-state index in [1.54, 1.807) is 6.08 Å². The van der Waals surface area contributed by atoms with Gasteiger partial charge in [-0.2, -0.15) is 0 Å². The van der Waals surface area contributed by atoms with Crippen LogP contribution < -0.4 is 5.73 Å². The highest BCUT2D eigenvalue weighted by atomic mass is 14.5. The standard InChI is InChI=1S/C9H15N/c1-4-5-9(6-7-10)8(2)3/h4-5H,1-2,6-7,10H2,3H3/b9-5+. The summed E-state index contributed by atoms with van der Waals surface area (Å²) in [6.45, 7) is 10.1. The maximum Gasteiger partial charge on any atom is -0.00366 e. The van der Waals surface area contributed by atoms with E-state index in [4.69, 9.17) is 5.73 Å². The Balaban J connectivity index is 4.11. The van der Waals surface area contributed by atoms with Crippen LogP contribution in [0.2, 0.25) is 0 Å². The molecule has 0 spiro atoms. The van der Waals surface area contributed by atoms with Crippen LogP contribution in [-0.4, -0.2) is 6.54 Å². The topological polar surface area (TPSA) is 26.0 Å². The Morgan fingerprint density at radius 2 is 2.20 bits per heavy atom. The van der Waals surface area contributed by atoms with Gasteiger partial charge in [-0.3, -0.25) is 0 Å². The highest BCUT2D eigenvalue weighted by Gasteiger charge is 1.93. The lowest BCUT2D eigenvalue weighted by atomic mass is 10.1. The molecule has 0 aliphatic heterocycles. The van der Waals surface area contributed by atoms with Crippen molar-refractivity contribution in [1.29, 1.82) is 0 Å². The van der Waals surface area contributed by atoms with E-state index < -0.39 is 0 Å². The highest BCUT2D eigenvalue weighted by Crippen LogP contribution is 2.09. The van der Waals surface area contributed by atoms with Crippen LogP contribution in [-0.2, 0) is 0 Å². The SMILES string of the molecule is C=C/C=C(\CCN)C(=C)C. The fraction of sp³-hybridized carbons (Fsp3) is 0.333. The van der Waals surface area contributed by atoms with Gasteiger partial charge in [-0.25, -0.2) is 0 Å². The van der Waals surface area contributed by atoms with E-state index in [1.165, 1.54) is 5.57 Å². The quantitative estimate of drug-likeness (QED) is 0.589. The Kier molecular flexibility index (Phi) is 4.59. The van der Waals surface area contributed by atoms with E-state index in [0.717, 1.165) is 12.0 Å². The molecule has 0 aromatic carbocycles. The molecule has 0 bridgehead atoms. The molecule has 56 valence electrons. The molecule has 0 fully saturated rings. The van der Waals surface area contributed by atoms with Crippen molar-refractivity contribution in [3.8, 4) is 0 Å². The summed E-state index contributed by atoms with van der Waals surface area (Å²) in [5.41, 5.74) is 7.65. The first-order chi connectivity index (χ1) is 4.72. The third-order valence-corrected chi connectivity index (χ3v) is 1.28. The van der Waals surface area contributed by atoms with Crippen molar-refractivity contribution in [1.82, 2.24) is 0 Å². The van der Waals surface area contributed by atoms with Gasteiger partial charge in [0.2, 0.25) is 0 Å². The van der Waals surface area contributed by atoms with Gasteiger partial charge in [0.15, 0.2) is 0 Å². The number of nitrogens with two attached hydrogens (primary N) is 1. The zero-order chi connectivity index (χ0) is 7.98. The molecule has 0 unspecified atom stereocenters. The van der Waals surface area contributed by atoms with Crippen molar-refractivity contribution in [3.63, 3.8) is 0 Å². The molecule has 10 heavy (non-hydrogen) atoms. The number of rotatable bonds is 4. The lowest BCUT2D eigenvalue weighted by Crippen LogP contribution is -2.00. The summed E-state index contributed by atoms with van der Waals surface area (Å²) < 4.78 is 0. The smallest absolute Gasteiger partial charge is 0.00366 e. The second kappa shape index (κ2) is 5.00. The normalized spacial score (nSPS) is 11.2. The van der Waals surface area contributed by atoms with Gasteiger partial charge in [0.25, 0.3) is 0 Å². The average molecular weight is 137 g/mol. The Labute approximate surface area is 62.9 Å². The minimum absolute atomic E-state index is 0.673.